The molecular formula is C15H22O. The van der Waals surface area contributed by atoms with Gasteiger partial charge in [0.15, 0.2) is 5.78 Å². The van der Waals surface area contributed by atoms with Gasteiger partial charge in [-0.1, -0.05) is 26.3 Å². The second kappa shape index (κ2) is 3.00. The van der Waals surface area contributed by atoms with Crippen molar-refractivity contribution in [2.45, 2.75) is 47.0 Å². The lowest BCUT2D eigenvalue weighted by molar-refractivity contribution is -0.116. The van der Waals surface area contributed by atoms with Gasteiger partial charge in [0.1, 0.15) is 0 Å². The second-order valence-electron chi connectivity index (χ2n) is 6.77. The Bertz CT molecular complexity index is 388. The molecule has 0 aromatic rings. The van der Waals surface area contributed by atoms with Crippen LogP contribution in [0.25, 0.3) is 0 Å². The number of Topliss-reactive ketones (excluding diaryl/α,β-unsaturated/α-hetero) is 1. The molecule has 4 unspecified atom stereocenters. The van der Waals surface area contributed by atoms with E-state index in [2.05, 4.69) is 27.7 Å². The molecule has 88 valence electrons. The molecule has 0 radical (unpaired) electrons. The Labute approximate surface area is 98.3 Å². The van der Waals surface area contributed by atoms with Crippen molar-refractivity contribution in [2.75, 3.05) is 0 Å². The highest BCUT2D eigenvalue weighted by Crippen LogP contribution is 2.69. The van der Waals surface area contributed by atoms with E-state index in [9.17, 15) is 4.79 Å². The Morgan fingerprint density at radius 3 is 2.69 bits per heavy atom. The third-order valence-corrected chi connectivity index (χ3v) is 5.72. The topological polar surface area (TPSA) is 17.1 Å². The average molecular weight is 218 g/mol. The molecule has 0 aromatic carbocycles. The SMILES string of the molecule is CC1=C2CCC(C)C2C2C(CC1=O)C2(C)C. The zero-order valence-electron chi connectivity index (χ0n) is 10.8. The minimum Gasteiger partial charge on any atom is -0.295 e. The Hall–Kier alpha value is -0.590. The fraction of sp³-hybridized carbons (Fsp3) is 0.800. The zero-order valence-corrected chi connectivity index (χ0v) is 10.8. The first-order valence-electron chi connectivity index (χ1n) is 6.67. The molecular weight excluding hydrogens is 196 g/mol. The van der Waals surface area contributed by atoms with Gasteiger partial charge in [0, 0.05) is 6.42 Å². The molecule has 2 fully saturated rings. The fourth-order valence-corrected chi connectivity index (χ4v) is 4.50. The van der Waals surface area contributed by atoms with Crippen LogP contribution in [0.1, 0.15) is 47.0 Å². The summed E-state index contributed by atoms with van der Waals surface area (Å²) in [5.41, 5.74) is 3.07. The van der Waals surface area contributed by atoms with E-state index >= 15 is 0 Å². The van der Waals surface area contributed by atoms with Crippen molar-refractivity contribution in [1.82, 2.24) is 0 Å². The van der Waals surface area contributed by atoms with Crippen molar-refractivity contribution in [3.63, 3.8) is 0 Å². The lowest BCUT2D eigenvalue weighted by atomic mass is 9.84. The Kier molecular flexibility index (Phi) is 1.98. The molecule has 0 aliphatic heterocycles. The second-order valence-corrected chi connectivity index (χ2v) is 6.77. The van der Waals surface area contributed by atoms with Crippen LogP contribution in [0.4, 0.5) is 0 Å². The molecule has 0 bridgehead atoms. The van der Waals surface area contributed by atoms with E-state index in [0.29, 0.717) is 17.1 Å². The number of hydrogen-bond acceptors (Lipinski definition) is 1. The number of hydrogen-bond donors (Lipinski definition) is 0. The van der Waals surface area contributed by atoms with Crippen LogP contribution in [0, 0.1) is 29.1 Å². The van der Waals surface area contributed by atoms with Gasteiger partial charge in [-0.25, -0.2) is 0 Å². The molecule has 3 rings (SSSR count). The maximum absolute atomic E-state index is 12.1. The molecule has 0 amide bonds. The van der Waals surface area contributed by atoms with Crippen molar-refractivity contribution in [3.8, 4) is 0 Å². The lowest BCUT2D eigenvalue weighted by Gasteiger charge is -2.20. The van der Waals surface area contributed by atoms with Gasteiger partial charge in [0.2, 0.25) is 0 Å². The summed E-state index contributed by atoms with van der Waals surface area (Å²) in [6.07, 6.45) is 3.29. The van der Waals surface area contributed by atoms with Crippen molar-refractivity contribution in [1.29, 1.82) is 0 Å². The van der Waals surface area contributed by atoms with Gasteiger partial charge < -0.3 is 0 Å². The largest absolute Gasteiger partial charge is 0.295 e. The Balaban J connectivity index is 2.06. The number of carbonyl (C=O) groups excluding carboxylic acids is 1. The third kappa shape index (κ3) is 1.15. The average Bonchev–Trinajstić information content (AvgIpc) is 2.58. The molecule has 0 heterocycles. The summed E-state index contributed by atoms with van der Waals surface area (Å²) in [7, 11) is 0. The first-order chi connectivity index (χ1) is 7.44. The summed E-state index contributed by atoms with van der Waals surface area (Å²) in [4.78, 5) is 12.1. The van der Waals surface area contributed by atoms with E-state index in [4.69, 9.17) is 0 Å². The Morgan fingerprint density at radius 2 is 2.00 bits per heavy atom. The van der Waals surface area contributed by atoms with Crippen LogP contribution in [0.3, 0.4) is 0 Å². The molecule has 4 atom stereocenters. The molecule has 2 saturated carbocycles. The smallest absolute Gasteiger partial charge is 0.158 e. The first-order valence-corrected chi connectivity index (χ1v) is 6.67. The van der Waals surface area contributed by atoms with Crippen LogP contribution in [0.5, 0.6) is 0 Å². The minimum absolute atomic E-state index is 0.422. The van der Waals surface area contributed by atoms with Crippen molar-refractivity contribution >= 4 is 5.78 Å². The molecule has 0 saturated heterocycles. The van der Waals surface area contributed by atoms with Gasteiger partial charge in [0.05, 0.1) is 0 Å². The van der Waals surface area contributed by atoms with E-state index in [-0.39, 0.29) is 0 Å². The Morgan fingerprint density at radius 1 is 1.31 bits per heavy atom. The van der Waals surface area contributed by atoms with E-state index in [0.717, 1.165) is 29.7 Å². The quantitative estimate of drug-likeness (QED) is 0.607. The van der Waals surface area contributed by atoms with Crippen LogP contribution in [-0.4, -0.2) is 5.78 Å². The molecule has 3 aliphatic carbocycles. The predicted octanol–water partition coefficient (Wildman–Crippen LogP) is 3.59. The van der Waals surface area contributed by atoms with Crippen molar-refractivity contribution in [2.24, 2.45) is 29.1 Å². The zero-order chi connectivity index (χ0) is 11.7. The maximum Gasteiger partial charge on any atom is 0.158 e. The van der Waals surface area contributed by atoms with E-state index in [1.165, 1.54) is 18.4 Å². The van der Waals surface area contributed by atoms with Crippen molar-refractivity contribution in [3.05, 3.63) is 11.1 Å². The molecule has 0 N–H and O–H groups in total. The van der Waals surface area contributed by atoms with Crippen molar-refractivity contribution < 1.29 is 4.79 Å². The van der Waals surface area contributed by atoms with E-state index < -0.39 is 0 Å². The number of rotatable bonds is 0. The summed E-state index contributed by atoms with van der Waals surface area (Å²) in [5, 5.41) is 0. The lowest BCUT2D eigenvalue weighted by Crippen LogP contribution is -2.14. The summed E-state index contributed by atoms with van der Waals surface area (Å²) in [6, 6.07) is 0. The minimum atomic E-state index is 0.422. The fourth-order valence-electron chi connectivity index (χ4n) is 4.50. The summed E-state index contributed by atoms with van der Waals surface area (Å²) >= 11 is 0. The van der Waals surface area contributed by atoms with Crippen LogP contribution < -0.4 is 0 Å². The normalized spacial score (nSPS) is 45.1. The van der Waals surface area contributed by atoms with E-state index in [1.807, 2.05) is 0 Å². The van der Waals surface area contributed by atoms with Crippen LogP contribution in [0.15, 0.2) is 11.1 Å². The maximum atomic E-state index is 12.1. The highest BCUT2D eigenvalue weighted by Gasteiger charge is 2.64. The standard InChI is InChI=1S/C15H22O/c1-8-5-6-10-9(2)12(16)7-11-14(13(8)10)15(11,3)4/h8,11,13-14H,5-7H2,1-4H3. The molecule has 3 aliphatic rings. The van der Waals surface area contributed by atoms with Gasteiger partial charge in [0.25, 0.3) is 0 Å². The molecule has 0 spiro atoms. The molecule has 16 heavy (non-hydrogen) atoms. The number of fused-ring (bicyclic) bond motifs is 3. The third-order valence-electron chi connectivity index (χ3n) is 5.72. The summed E-state index contributed by atoms with van der Waals surface area (Å²) in [5.74, 6) is 3.42. The monoisotopic (exact) mass is 218 g/mol. The van der Waals surface area contributed by atoms with Gasteiger partial charge >= 0.3 is 0 Å². The molecule has 0 aromatic heterocycles. The van der Waals surface area contributed by atoms with Gasteiger partial charge in [-0.15, -0.1) is 0 Å². The first kappa shape index (κ1) is 10.6. The summed E-state index contributed by atoms with van der Waals surface area (Å²) < 4.78 is 0. The highest BCUT2D eigenvalue weighted by molar-refractivity contribution is 5.96. The van der Waals surface area contributed by atoms with Crippen LogP contribution in [0.2, 0.25) is 0 Å². The van der Waals surface area contributed by atoms with E-state index in [1.54, 1.807) is 0 Å². The number of ketones is 1. The van der Waals surface area contributed by atoms with Crippen LogP contribution >= 0.6 is 0 Å². The number of carbonyl (C=O) groups is 1. The van der Waals surface area contributed by atoms with Crippen LogP contribution in [-0.2, 0) is 4.79 Å². The highest BCUT2D eigenvalue weighted by atomic mass is 16.1. The van der Waals surface area contributed by atoms with Gasteiger partial charge in [-0.3, -0.25) is 4.79 Å². The van der Waals surface area contributed by atoms with Gasteiger partial charge in [-0.2, -0.15) is 0 Å². The predicted molar refractivity (Wildman–Crippen MR) is 65.0 cm³/mol. The van der Waals surface area contributed by atoms with Gasteiger partial charge in [-0.05, 0) is 54.4 Å². The summed E-state index contributed by atoms with van der Waals surface area (Å²) in [6.45, 7) is 9.17. The number of allylic oxidation sites excluding steroid dienone is 2. The molecule has 1 nitrogen and oxygen atoms in total. The molecule has 1 heteroatoms.